The molecule has 2 heterocycles. The lowest BCUT2D eigenvalue weighted by Crippen LogP contribution is -2.00. The van der Waals surface area contributed by atoms with Gasteiger partial charge in [-0.05, 0) is 19.1 Å². The summed E-state index contributed by atoms with van der Waals surface area (Å²) in [6.45, 7) is 2.08. The monoisotopic (exact) mass is 351 g/mol. The number of aryl methyl sites for hydroxylation is 1. The Morgan fingerprint density at radius 3 is 2.33 bits per heavy atom. The van der Waals surface area contributed by atoms with E-state index in [0.29, 0.717) is 0 Å². The second-order valence-electron chi connectivity index (χ2n) is 6.52. The van der Waals surface area contributed by atoms with Gasteiger partial charge in [-0.15, -0.1) is 5.10 Å². The van der Waals surface area contributed by atoms with E-state index in [-0.39, 0.29) is 0 Å². The molecule has 0 fully saturated rings. The summed E-state index contributed by atoms with van der Waals surface area (Å²) in [6, 6.07) is 26.5. The molecular formula is C22H17N5. The quantitative estimate of drug-likeness (QED) is 0.508. The van der Waals surface area contributed by atoms with Crippen LogP contribution >= 0.6 is 0 Å². The van der Waals surface area contributed by atoms with Gasteiger partial charge in [-0.25, -0.2) is 4.68 Å². The number of fused-ring (bicyclic) bond motifs is 1. The van der Waals surface area contributed by atoms with E-state index >= 15 is 0 Å². The third-order valence-electron chi connectivity index (χ3n) is 4.69. The maximum atomic E-state index is 4.63. The molecule has 0 saturated heterocycles. The largest absolute Gasteiger partial charge is 0.275 e. The average Bonchev–Trinajstić information content (AvgIpc) is 3.33. The number of para-hydroxylation sites is 1. The Kier molecular flexibility index (Phi) is 3.57. The van der Waals surface area contributed by atoms with Gasteiger partial charge in [0.15, 0.2) is 0 Å². The maximum absolute atomic E-state index is 4.63. The number of benzene rings is 3. The van der Waals surface area contributed by atoms with Crippen molar-refractivity contribution in [3.05, 3.63) is 84.4 Å². The summed E-state index contributed by atoms with van der Waals surface area (Å²) in [5.74, 6) is 0. The van der Waals surface area contributed by atoms with Gasteiger partial charge in [-0.2, -0.15) is 5.10 Å². The van der Waals surface area contributed by atoms with E-state index in [1.807, 2.05) is 47.1 Å². The molecule has 5 rings (SSSR count). The Morgan fingerprint density at radius 2 is 1.52 bits per heavy atom. The first kappa shape index (κ1) is 15.5. The molecule has 130 valence electrons. The van der Waals surface area contributed by atoms with Gasteiger partial charge in [-0.1, -0.05) is 77.5 Å². The van der Waals surface area contributed by atoms with Crippen LogP contribution in [-0.2, 0) is 0 Å². The summed E-state index contributed by atoms with van der Waals surface area (Å²) in [6.07, 6.45) is 0. The number of aromatic nitrogens is 5. The molecule has 0 radical (unpaired) electrons. The molecule has 0 bridgehead atoms. The fourth-order valence-electron chi connectivity index (χ4n) is 3.30. The van der Waals surface area contributed by atoms with E-state index < -0.39 is 0 Å². The van der Waals surface area contributed by atoms with Crippen molar-refractivity contribution in [3.8, 4) is 28.2 Å². The number of hydrogen-bond donors (Lipinski definition) is 1. The standard InChI is InChI=1S/C22H17N5/c1-15-11-13-17(14-12-15)21-22(20(24-25-21)16-7-3-2-4-8-16)27-19-10-6-5-9-18(19)23-26-27/h2-14H,1H3,(H,24,25). The second-order valence-corrected chi connectivity index (χ2v) is 6.52. The van der Waals surface area contributed by atoms with Crippen molar-refractivity contribution in [2.24, 2.45) is 0 Å². The van der Waals surface area contributed by atoms with Crippen molar-refractivity contribution >= 4 is 11.0 Å². The van der Waals surface area contributed by atoms with Gasteiger partial charge in [0.2, 0.25) is 0 Å². The molecule has 0 amide bonds. The minimum Gasteiger partial charge on any atom is -0.275 e. The van der Waals surface area contributed by atoms with Crippen LogP contribution in [0.2, 0.25) is 0 Å². The summed E-state index contributed by atoms with van der Waals surface area (Å²) in [5.41, 5.74) is 7.78. The smallest absolute Gasteiger partial charge is 0.121 e. The van der Waals surface area contributed by atoms with Gasteiger partial charge in [0.1, 0.15) is 16.9 Å². The van der Waals surface area contributed by atoms with Crippen molar-refractivity contribution < 1.29 is 0 Å². The lowest BCUT2D eigenvalue weighted by molar-refractivity contribution is 0.827. The lowest BCUT2D eigenvalue weighted by atomic mass is 10.1. The average molecular weight is 351 g/mol. The molecule has 0 atom stereocenters. The summed E-state index contributed by atoms with van der Waals surface area (Å²) < 4.78 is 1.87. The van der Waals surface area contributed by atoms with E-state index in [0.717, 1.165) is 39.2 Å². The van der Waals surface area contributed by atoms with Crippen LogP contribution in [0, 0.1) is 6.92 Å². The Bertz CT molecular complexity index is 1220. The summed E-state index contributed by atoms with van der Waals surface area (Å²) in [5, 5.41) is 16.6. The molecule has 0 aliphatic carbocycles. The van der Waals surface area contributed by atoms with Gasteiger partial charge in [0.25, 0.3) is 0 Å². The Labute approximate surface area is 156 Å². The van der Waals surface area contributed by atoms with Crippen molar-refractivity contribution in [2.75, 3.05) is 0 Å². The van der Waals surface area contributed by atoms with Crippen LogP contribution in [0.4, 0.5) is 0 Å². The predicted octanol–water partition coefficient (Wildman–Crippen LogP) is 4.79. The first-order valence-electron chi connectivity index (χ1n) is 8.83. The van der Waals surface area contributed by atoms with E-state index in [4.69, 9.17) is 0 Å². The number of hydrogen-bond acceptors (Lipinski definition) is 3. The minimum atomic E-state index is 0.849. The number of nitrogens with zero attached hydrogens (tertiary/aromatic N) is 4. The van der Waals surface area contributed by atoms with Crippen LogP contribution in [0.25, 0.3) is 39.2 Å². The molecule has 5 nitrogen and oxygen atoms in total. The highest BCUT2D eigenvalue weighted by Crippen LogP contribution is 2.34. The Balaban J connectivity index is 1.81. The van der Waals surface area contributed by atoms with Crippen LogP contribution < -0.4 is 0 Å². The van der Waals surface area contributed by atoms with Gasteiger partial charge in [0.05, 0.1) is 11.2 Å². The zero-order valence-electron chi connectivity index (χ0n) is 14.8. The van der Waals surface area contributed by atoms with Gasteiger partial charge >= 0.3 is 0 Å². The number of H-pyrrole nitrogens is 1. The van der Waals surface area contributed by atoms with Crippen LogP contribution in [0.15, 0.2) is 78.9 Å². The molecule has 0 spiro atoms. The minimum absolute atomic E-state index is 0.849. The zero-order valence-corrected chi connectivity index (χ0v) is 14.8. The summed E-state index contributed by atoms with van der Waals surface area (Å²) >= 11 is 0. The SMILES string of the molecule is Cc1ccc(-c2[nH]nc(-c3ccccc3)c2-n2nnc3ccccc32)cc1. The fourth-order valence-corrected chi connectivity index (χ4v) is 3.30. The van der Waals surface area contributed by atoms with Crippen molar-refractivity contribution in [1.82, 2.24) is 25.2 Å². The molecule has 0 unspecified atom stereocenters. The molecule has 2 aromatic heterocycles. The number of nitrogens with one attached hydrogen (secondary N) is 1. The van der Waals surface area contributed by atoms with E-state index in [1.54, 1.807) is 0 Å². The Hall–Kier alpha value is -3.73. The van der Waals surface area contributed by atoms with Crippen LogP contribution in [0.5, 0.6) is 0 Å². The normalized spacial score (nSPS) is 11.1. The van der Waals surface area contributed by atoms with Crippen molar-refractivity contribution in [3.63, 3.8) is 0 Å². The molecule has 27 heavy (non-hydrogen) atoms. The first-order valence-corrected chi connectivity index (χ1v) is 8.83. The third-order valence-corrected chi connectivity index (χ3v) is 4.69. The topological polar surface area (TPSA) is 59.4 Å². The molecule has 0 aliphatic heterocycles. The molecule has 3 aromatic carbocycles. The van der Waals surface area contributed by atoms with E-state index in [2.05, 4.69) is 63.8 Å². The van der Waals surface area contributed by atoms with Crippen molar-refractivity contribution in [2.45, 2.75) is 6.92 Å². The molecule has 0 aliphatic rings. The molecule has 5 heteroatoms. The maximum Gasteiger partial charge on any atom is 0.121 e. The zero-order chi connectivity index (χ0) is 18.2. The highest BCUT2D eigenvalue weighted by molar-refractivity contribution is 5.85. The van der Waals surface area contributed by atoms with Crippen LogP contribution in [0.3, 0.4) is 0 Å². The van der Waals surface area contributed by atoms with E-state index in [9.17, 15) is 0 Å². The third kappa shape index (κ3) is 2.60. The summed E-state index contributed by atoms with van der Waals surface area (Å²) in [4.78, 5) is 0. The number of aromatic amines is 1. The van der Waals surface area contributed by atoms with Gasteiger partial charge < -0.3 is 0 Å². The fraction of sp³-hybridized carbons (Fsp3) is 0.0455. The first-order chi connectivity index (χ1) is 13.3. The Morgan fingerprint density at radius 1 is 0.778 bits per heavy atom. The molecule has 0 saturated carbocycles. The van der Waals surface area contributed by atoms with Crippen molar-refractivity contribution in [1.29, 1.82) is 0 Å². The lowest BCUT2D eigenvalue weighted by Gasteiger charge is -2.08. The molecule has 1 N–H and O–H groups in total. The highest BCUT2D eigenvalue weighted by atomic mass is 15.4. The van der Waals surface area contributed by atoms with E-state index in [1.165, 1.54) is 5.56 Å². The van der Waals surface area contributed by atoms with Gasteiger partial charge in [-0.3, -0.25) is 5.10 Å². The number of rotatable bonds is 3. The van der Waals surface area contributed by atoms with Crippen LogP contribution in [0.1, 0.15) is 5.56 Å². The second kappa shape index (κ2) is 6.21. The highest BCUT2D eigenvalue weighted by Gasteiger charge is 2.20. The van der Waals surface area contributed by atoms with Gasteiger partial charge in [0, 0.05) is 11.1 Å². The molecule has 5 aromatic rings. The summed E-state index contributed by atoms with van der Waals surface area (Å²) in [7, 11) is 0. The van der Waals surface area contributed by atoms with Crippen LogP contribution in [-0.4, -0.2) is 25.2 Å². The predicted molar refractivity (Wildman–Crippen MR) is 107 cm³/mol. The molecular weight excluding hydrogens is 334 g/mol.